The van der Waals surface area contributed by atoms with Gasteiger partial charge in [0.25, 0.3) is 0 Å². The number of hydrogen-bond donors (Lipinski definition) is 1. The van der Waals surface area contributed by atoms with Gasteiger partial charge in [0.05, 0.1) is 53.2 Å². The Morgan fingerprint density at radius 2 is 1.77 bits per heavy atom. The Morgan fingerprint density at radius 1 is 0.974 bits per heavy atom. The largest absolute Gasteiger partial charge is 0.382 e. The van der Waals surface area contributed by atoms with Crippen LogP contribution in [0.15, 0.2) is 55.0 Å². The zero-order valence-corrected chi connectivity index (χ0v) is 22.5. The standard InChI is InChI=1S/C28H32N6O4S/c29-27-26-23(24-4-7-31-34(24)22-5-12-37-13-6-22)17-25(33(26)9-8-30-27)20-2-1-3-21(16-20)28(18-38-19-28)32-10-14-39(35,36)15-11-32/h1-4,7-9,16-17,22H,5-6,10-15,18-19H2,(H2,29,30). The lowest BCUT2D eigenvalue weighted by atomic mass is 9.84. The van der Waals surface area contributed by atoms with Crippen LogP contribution in [0.3, 0.4) is 0 Å². The highest BCUT2D eigenvalue weighted by molar-refractivity contribution is 7.91. The molecule has 4 aromatic rings. The second-order valence-electron chi connectivity index (χ2n) is 10.7. The third-order valence-corrected chi connectivity index (χ3v) is 10.1. The minimum Gasteiger partial charge on any atom is -0.382 e. The number of ether oxygens (including phenoxy) is 2. The summed E-state index contributed by atoms with van der Waals surface area (Å²) >= 11 is 0. The van der Waals surface area contributed by atoms with Crippen LogP contribution in [0, 0.1) is 0 Å². The summed E-state index contributed by atoms with van der Waals surface area (Å²) in [7, 11) is -2.97. The molecule has 3 aromatic heterocycles. The van der Waals surface area contributed by atoms with Gasteiger partial charge in [-0.2, -0.15) is 5.10 Å². The first kappa shape index (κ1) is 24.8. The van der Waals surface area contributed by atoms with Gasteiger partial charge >= 0.3 is 0 Å². The zero-order chi connectivity index (χ0) is 26.6. The van der Waals surface area contributed by atoms with Gasteiger partial charge in [-0.25, -0.2) is 13.4 Å². The van der Waals surface area contributed by atoms with E-state index >= 15 is 0 Å². The van der Waals surface area contributed by atoms with Crippen molar-refractivity contribution in [3.8, 4) is 22.5 Å². The first-order valence-electron chi connectivity index (χ1n) is 13.5. The molecule has 3 fully saturated rings. The molecule has 0 bridgehead atoms. The van der Waals surface area contributed by atoms with Crippen molar-refractivity contribution >= 4 is 21.2 Å². The highest BCUT2D eigenvalue weighted by Crippen LogP contribution is 2.41. The van der Waals surface area contributed by atoms with Gasteiger partial charge < -0.3 is 19.6 Å². The molecule has 0 spiro atoms. The van der Waals surface area contributed by atoms with Gasteiger partial charge in [0.2, 0.25) is 0 Å². The third-order valence-electron chi connectivity index (χ3n) is 8.52. The number of rotatable bonds is 5. The molecule has 10 nitrogen and oxygen atoms in total. The van der Waals surface area contributed by atoms with Crippen molar-refractivity contribution in [3.05, 3.63) is 60.6 Å². The predicted molar refractivity (Wildman–Crippen MR) is 148 cm³/mol. The molecule has 204 valence electrons. The molecule has 11 heteroatoms. The van der Waals surface area contributed by atoms with E-state index in [9.17, 15) is 8.42 Å². The lowest BCUT2D eigenvalue weighted by Crippen LogP contribution is -2.62. The molecule has 3 aliphatic heterocycles. The van der Waals surface area contributed by atoms with E-state index in [1.807, 2.05) is 18.5 Å². The Kier molecular flexibility index (Phi) is 6.00. The molecule has 3 saturated heterocycles. The average Bonchev–Trinajstić information content (AvgIpc) is 3.56. The van der Waals surface area contributed by atoms with Crippen molar-refractivity contribution < 1.29 is 17.9 Å². The van der Waals surface area contributed by atoms with Gasteiger partial charge in [-0.05, 0) is 42.2 Å². The fraction of sp³-hybridized carbons (Fsp3) is 0.429. The molecule has 0 aliphatic carbocycles. The summed E-state index contributed by atoms with van der Waals surface area (Å²) in [5.74, 6) is 0.843. The molecule has 0 radical (unpaired) electrons. The molecule has 0 atom stereocenters. The van der Waals surface area contributed by atoms with E-state index in [2.05, 4.69) is 49.3 Å². The molecule has 3 aliphatic rings. The molecule has 0 unspecified atom stereocenters. The molecule has 0 saturated carbocycles. The Morgan fingerprint density at radius 3 is 2.51 bits per heavy atom. The summed E-state index contributed by atoms with van der Waals surface area (Å²) in [6.45, 7) is 3.61. The highest BCUT2D eigenvalue weighted by Gasteiger charge is 2.47. The molecule has 39 heavy (non-hydrogen) atoms. The first-order valence-corrected chi connectivity index (χ1v) is 15.3. The molecule has 2 N–H and O–H groups in total. The van der Waals surface area contributed by atoms with Crippen LogP contribution in [0.2, 0.25) is 0 Å². The van der Waals surface area contributed by atoms with E-state index in [1.165, 1.54) is 0 Å². The van der Waals surface area contributed by atoms with Crippen molar-refractivity contribution in [1.29, 1.82) is 0 Å². The number of fused-ring (bicyclic) bond motifs is 1. The third kappa shape index (κ3) is 4.15. The summed E-state index contributed by atoms with van der Waals surface area (Å²) in [6, 6.07) is 13.0. The van der Waals surface area contributed by atoms with Gasteiger partial charge in [0, 0.05) is 50.5 Å². The van der Waals surface area contributed by atoms with E-state index in [0.29, 0.717) is 32.1 Å². The van der Waals surface area contributed by atoms with E-state index < -0.39 is 9.84 Å². The van der Waals surface area contributed by atoms with Crippen LogP contribution < -0.4 is 5.73 Å². The van der Waals surface area contributed by atoms with Crippen LogP contribution in [0.25, 0.3) is 28.0 Å². The molecule has 6 heterocycles. The van der Waals surface area contributed by atoms with Crippen LogP contribution in [0.4, 0.5) is 5.82 Å². The predicted octanol–water partition coefficient (Wildman–Crippen LogP) is 2.75. The molecular formula is C28H32N6O4S. The number of hydrogen-bond acceptors (Lipinski definition) is 8. The van der Waals surface area contributed by atoms with Crippen molar-refractivity contribution in [2.75, 3.05) is 56.8 Å². The van der Waals surface area contributed by atoms with Crippen LogP contribution >= 0.6 is 0 Å². The summed E-state index contributed by atoms with van der Waals surface area (Å²) < 4.78 is 39.7. The van der Waals surface area contributed by atoms with Gasteiger partial charge in [-0.1, -0.05) is 18.2 Å². The number of nitrogens with two attached hydrogens (primary N) is 1. The molecule has 7 rings (SSSR count). The van der Waals surface area contributed by atoms with Crippen LogP contribution in [0.1, 0.15) is 24.4 Å². The molecule has 0 amide bonds. The van der Waals surface area contributed by atoms with Gasteiger partial charge in [-0.15, -0.1) is 0 Å². The van der Waals surface area contributed by atoms with Crippen LogP contribution in [-0.2, 0) is 24.8 Å². The van der Waals surface area contributed by atoms with Crippen molar-refractivity contribution in [1.82, 2.24) is 24.1 Å². The minimum absolute atomic E-state index is 0.189. The summed E-state index contributed by atoms with van der Waals surface area (Å²) in [4.78, 5) is 6.70. The molecular weight excluding hydrogens is 516 g/mol. The topological polar surface area (TPSA) is 117 Å². The fourth-order valence-corrected chi connectivity index (χ4v) is 7.49. The Hall–Kier alpha value is -3.25. The van der Waals surface area contributed by atoms with Crippen molar-refractivity contribution in [2.24, 2.45) is 0 Å². The Labute approximate surface area is 227 Å². The maximum absolute atomic E-state index is 12.1. The van der Waals surface area contributed by atoms with E-state index in [0.717, 1.165) is 59.7 Å². The molecule has 1 aromatic carbocycles. The monoisotopic (exact) mass is 548 g/mol. The van der Waals surface area contributed by atoms with Crippen molar-refractivity contribution in [2.45, 2.75) is 24.4 Å². The summed E-state index contributed by atoms with van der Waals surface area (Å²) in [5.41, 5.74) is 12.2. The van der Waals surface area contributed by atoms with E-state index in [4.69, 9.17) is 20.3 Å². The number of aromatic nitrogens is 4. The second-order valence-corrected chi connectivity index (χ2v) is 13.0. The number of benzene rings is 1. The second kappa shape index (κ2) is 9.44. The quantitative estimate of drug-likeness (QED) is 0.405. The summed E-state index contributed by atoms with van der Waals surface area (Å²) in [6.07, 6.45) is 7.37. The lowest BCUT2D eigenvalue weighted by molar-refractivity contribution is -0.144. The average molecular weight is 549 g/mol. The number of nitrogens with zero attached hydrogens (tertiary/aromatic N) is 5. The zero-order valence-electron chi connectivity index (χ0n) is 21.7. The van der Waals surface area contributed by atoms with Gasteiger partial charge in [-0.3, -0.25) is 9.58 Å². The number of nitrogen functional groups attached to an aromatic ring is 1. The van der Waals surface area contributed by atoms with E-state index in [-0.39, 0.29) is 23.1 Å². The number of anilines is 1. The first-order chi connectivity index (χ1) is 19.0. The van der Waals surface area contributed by atoms with Crippen LogP contribution in [0.5, 0.6) is 0 Å². The smallest absolute Gasteiger partial charge is 0.152 e. The lowest BCUT2D eigenvalue weighted by Gasteiger charge is -2.51. The SMILES string of the molecule is Nc1nccn2c(-c3cccc(C4(N5CCS(=O)(=O)CC5)COC4)c3)cc(-c3ccnn3C3CCOCC3)c12. The van der Waals surface area contributed by atoms with Crippen molar-refractivity contribution in [3.63, 3.8) is 0 Å². The number of sulfone groups is 1. The van der Waals surface area contributed by atoms with Gasteiger partial charge in [0.15, 0.2) is 9.84 Å². The maximum Gasteiger partial charge on any atom is 0.152 e. The highest BCUT2D eigenvalue weighted by atomic mass is 32.2. The maximum atomic E-state index is 12.1. The Balaban J connectivity index is 1.31. The normalized spacial score (nSPS) is 21.6. The van der Waals surface area contributed by atoms with E-state index in [1.54, 1.807) is 6.20 Å². The Bertz CT molecular complexity index is 1620. The minimum atomic E-state index is -2.97. The van der Waals surface area contributed by atoms with Crippen LogP contribution in [-0.4, -0.2) is 83.5 Å². The van der Waals surface area contributed by atoms with Gasteiger partial charge in [0.1, 0.15) is 5.82 Å². The summed E-state index contributed by atoms with van der Waals surface area (Å²) in [5, 5.41) is 4.69. The fourth-order valence-electron chi connectivity index (χ4n) is 6.28.